The molecule has 0 aliphatic heterocycles. The van der Waals surface area contributed by atoms with Gasteiger partial charge in [-0.05, 0) is 30.0 Å². The topological polar surface area (TPSA) is 72.9 Å². The van der Waals surface area contributed by atoms with Gasteiger partial charge >= 0.3 is 0 Å². The second-order valence-electron chi connectivity index (χ2n) is 6.99. The highest BCUT2D eigenvalue weighted by Gasteiger charge is 2.15. The highest BCUT2D eigenvalue weighted by molar-refractivity contribution is 5.94. The number of carbonyl (C=O) groups excluding carboxylic acids is 1. The van der Waals surface area contributed by atoms with E-state index in [4.69, 9.17) is 5.73 Å². The van der Waals surface area contributed by atoms with Crippen LogP contribution in [-0.4, -0.2) is 21.5 Å². The van der Waals surface area contributed by atoms with Gasteiger partial charge in [0, 0.05) is 30.5 Å². The maximum absolute atomic E-state index is 12.2. The summed E-state index contributed by atoms with van der Waals surface area (Å²) in [5, 5.41) is 2.92. The standard InChI is InChI=1S/C19H28N4O.2ClH/c1-13(2)10-17(20)19(24)22-16-7-5-6-15(11-16)12-23-9-8-21-18(23)14(3)4;;/h5-9,11,13-14,17H,10,12,20H2,1-4H3,(H,22,24);2*1H/t17-;;/m0../s1. The predicted octanol–water partition coefficient (Wildman–Crippen LogP) is 4.21. The van der Waals surface area contributed by atoms with Gasteiger partial charge < -0.3 is 15.6 Å². The highest BCUT2D eigenvalue weighted by Crippen LogP contribution is 2.17. The third kappa shape index (κ3) is 6.98. The Bertz CT molecular complexity index is 686. The lowest BCUT2D eigenvalue weighted by Gasteiger charge is -2.15. The van der Waals surface area contributed by atoms with Gasteiger partial charge in [-0.3, -0.25) is 4.79 Å². The zero-order chi connectivity index (χ0) is 17.7. The molecule has 0 aliphatic carbocycles. The Morgan fingerprint density at radius 3 is 2.54 bits per heavy atom. The van der Waals surface area contributed by atoms with E-state index in [0.717, 1.165) is 23.6 Å². The number of halogens is 2. The monoisotopic (exact) mass is 400 g/mol. The van der Waals surface area contributed by atoms with Crippen LogP contribution in [0.2, 0.25) is 0 Å². The summed E-state index contributed by atoms with van der Waals surface area (Å²) in [6, 6.07) is 7.40. The fraction of sp³-hybridized carbons (Fsp3) is 0.474. The van der Waals surface area contributed by atoms with Crippen LogP contribution in [0.15, 0.2) is 36.7 Å². The average Bonchev–Trinajstić information content (AvgIpc) is 2.95. The number of hydrogen-bond acceptors (Lipinski definition) is 3. The number of carbonyl (C=O) groups is 1. The lowest BCUT2D eigenvalue weighted by Crippen LogP contribution is -2.36. The number of hydrogen-bond donors (Lipinski definition) is 2. The Morgan fingerprint density at radius 1 is 1.23 bits per heavy atom. The molecular formula is C19H30Cl2N4O. The van der Waals surface area contributed by atoms with Crippen LogP contribution in [0.25, 0.3) is 0 Å². The zero-order valence-electron chi connectivity index (χ0n) is 15.8. The molecule has 0 saturated carbocycles. The number of nitrogens with two attached hydrogens (primary N) is 1. The molecule has 0 saturated heterocycles. The van der Waals surface area contributed by atoms with Gasteiger partial charge in [-0.15, -0.1) is 24.8 Å². The van der Waals surface area contributed by atoms with E-state index >= 15 is 0 Å². The third-order valence-corrected chi connectivity index (χ3v) is 3.87. The molecule has 2 aromatic rings. The molecular weight excluding hydrogens is 371 g/mol. The fourth-order valence-electron chi connectivity index (χ4n) is 2.75. The number of amides is 1. The molecule has 1 atom stereocenters. The van der Waals surface area contributed by atoms with Gasteiger partial charge in [0.25, 0.3) is 0 Å². The Kier molecular flexibility index (Phi) is 10.5. The number of nitrogens with zero attached hydrogens (tertiary/aromatic N) is 2. The minimum absolute atomic E-state index is 0. The number of anilines is 1. The summed E-state index contributed by atoms with van der Waals surface area (Å²) in [6.45, 7) is 9.11. The first-order chi connectivity index (χ1) is 11.4. The van der Waals surface area contributed by atoms with Crippen molar-refractivity contribution in [3.8, 4) is 0 Å². The lowest BCUT2D eigenvalue weighted by molar-refractivity contribution is -0.117. The number of rotatable bonds is 7. The van der Waals surface area contributed by atoms with Crippen molar-refractivity contribution in [3.05, 3.63) is 48.0 Å². The second-order valence-corrected chi connectivity index (χ2v) is 6.99. The summed E-state index contributed by atoms with van der Waals surface area (Å²) in [6.07, 6.45) is 4.49. The predicted molar refractivity (Wildman–Crippen MR) is 112 cm³/mol. The minimum atomic E-state index is -0.477. The van der Waals surface area contributed by atoms with E-state index in [2.05, 4.69) is 42.6 Å². The van der Waals surface area contributed by atoms with Crippen LogP contribution in [-0.2, 0) is 11.3 Å². The summed E-state index contributed by atoms with van der Waals surface area (Å²) < 4.78 is 2.14. The van der Waals surface area contributed by atoms with Crippen molar-refractivity contribution in [3.63, 3.8) is 0 Å². The quantitative estimate of drug-likeness (QED) is 0.730. The van der Waals surface area contributed by atoms with Crippen molar-refractivity contribution in [2.45, 2.75) is 52.6 Å². The SMILES string of the molecule is CC(C)C[C@H](N)C(=O)Nc1cccc(Cn2ccnc2C(C)C)c1.Cl.Cl. The highest BCUT2D eigenvalue weighted by atomic mass is 35.5. The van der Waals surface area contributed by atoms with Crippen molar-refractivity contribution in [2.75, 3.05) is 5.32 Å². The van der Waals surface area contributed by atoms with E-state index in [1.807, 2.05) is 36.7 Å². The van der Waals surface area contributed by atoms with E-state index in [0.29, 0.717) is 18.3 Å². The Hall–Kier alpha value is -1.56. The molecule has 2 rings (SSSR count). The van der Waals surface area contributed by atoms with Crippen LogP contribution in [0.4, 0.5) is 5.69 Å². The summed E-state index contributed by atoms with van der Waals surface area (Å²) >= 11 is 0. The van der Waals surface area contributed by atoms with Gasteiger partial charge in [0.15, 0.2) is 0 Å². The molecule has 1 amide bonds. The van der Waals surface area contributed by atoms with Gasteiger partial charge in [0.1, 0.15) is 5.82 Å². The third-order valence-electron chi connectivity index (χ3n) is 3.87. The molecule has 0 fully saturated rings. The molecule has 0 unspecified atom stereocenters. The Balaban J connectivity index is 0.00000312. The van der Waals surface area contributed by atoms with Gasteiger partial charge in [-0.2, -0.15) is 0 Å². The Labute approximate surface area is 168 Å². The molecule has 7 heteroatoms. The molecule has 5 nitrogen and oxygen atoms in total. The van der Waals surface area contributed by atoms with Crippen molar-refractivity contribution < 1.29 is 4.79 Å². The van der Waals surface area contributed by atoms with E-state index in [9.17, 15) is 4.79 Å². The summed E-state index contributed by atoms with van der Waals surface area (Å²) in [4.78, 5) is 16.6. The van der Waals surface area contributed by atoms with E-state index in [-0.39, 0.29) is 30.7 Å². The molecule has 3 N–H and O–H groups in total. The number of nitrogens with one attached hydrogen (secondary N) is 1. The summed E-state index contributed by atoms with van der Waals surface area (Å²) in [5.41, 5.74) is 7.84. The fourth-order valence-corrected chi connectivity index (χ4v) is 2.75. The van der Waals surface area contributed by atoms with E-state index in [1.165, 1.54) is 0 Å². The second kappa shape index (κ2) is 11.2. The van der Waals surface area contributed by atoms with Crippen molar-refractivity contribution >= 4 is 36.4 Å². The van der Waals surface area contributed by atoms with Crippen molar-refractivity contribution in [1.29, 1.82) is 0 Å². The first-order valence-electron chi connectivity index (χ1n) is 8.53. The minimum Gasteiger partial charge on any atom is -0.330 e. The van der Waals surface area contributed by atoms with Gasteiger partial charge in [-0.25, -0.2) is 4.98 Å². The normalized spacial score (nSPS) is 11.7. The molecule has 26 heavy (non-hydrogen) atoms. The van der Waals surface area contributed by atoms with Crippen LogP contribution in [0.3, 0.4) is 0 Å². The van der Waals surface area contributed by atoms with Crippen molar-refractivity contribution in [1.82, 2.24) is 9.55 Å². The smallest absolute Gasteiger partial charge is 0.241 e. The van der Waals surface area contributed by atoms with Crippen LogP contribution < -0.4 is 11.1 Å². The first-order valence-corrected chi connectivity index (χ1v) is 8.53. The number of benzene rings is 1. The first kappa shape index (κ1) is 24.4. The maximum Gasteiger partial charge on any atom is 0.241 e. The van der Waals surface area contributed by atoms with Gasteiger partial charge in [-0.1, -0.05) is 39.8 Å². The lowest BCUT2D eigenvalue weighted by atomic mass is 10.0. The van der Waals surface area contributed by atoms with E-state index < -0.39 is 6.04 Å². The van der Waals surface area contributed by atoms with Crippen LogP contribution in [0, 0.1) is 5.92 Å². The molecule has 0 radical (unpaired) electrons. The average molecular weight is 401 g/mol. The molecule has 1 aromatic carbocycles. The number of aromatic nitrogens is 2. The van der Waals surface area contributed by atoms with Gasteiger partial charge in [0.2, 0.25) is 5.91 Å². The molecule has 0 bridgehead atoms. The summed E-state index contributed by atoms with van der Waals surface area (Å²) in [7, 11) is 0. The Morgan fingerprint density at radius 2 is 1.92 bits per heavy atom. The largest absolute Gasteiger partial charge is 0.330 e. The zero-order valence-corrected chi connectivity index (χ0v) is 17.4. The number of imidazole rings is 1. The maximum atomic E-state index is 12.2. The van der Waals surface area contributed by atoms with Crippen LogP contribution >= 0.6 is 24.8 Å². The molecule has 146 valence electrons. The molecule has 1 heterocycles. The summed E-state index contributed by atoms with van der Waals surface area (Å²) in [5.74, 6) is 1.69. The van der Waals surface area contributed by atoms with Crippen molar-refractivity contribution in [2.24, 2.45) is 11.7 Å². The van der Waals surface area contributed by atoms with Crippen LogP contribution in [0.5, 0.6) is 0 Å². The van der Waals surface area contributed by atoms with Gasteiger partial charge in [0.05, 0.1) is 6.04 Å². The molecule has 1 aromatic heterocycles. The molecule has 0 spiro atoms. The molecule has 0 aliphatic rings. The van der Waals surface area contributed by atoms with Crippen LogP contribution in [0.1, 0.15) is 51.4 Å². The van der Waals surface area contributed by atoms with E-state index in [1.54, 1.807) is 0 Å².